The molecule has 0 saturated heterocycles. The van der Waals surface area contributed by atoms with Gasteiger partial charge in [-0.15, -0.1) is 0 Å². The van der Waals surface area contributed by atoms with E-state index in [0.717, 1.165) is 0 Å². The number of carbonyl (C=O) groups is 2. The lowest BCUT2D eigenvalue weighted by Crippen LogP contribution is -2.22. The number of hydrogen-bond donors (Lipinski definition) is 2. The second kappa shape index (κ2) is 7.55. The number of amides is 2. The summed E-state index contributed by atoms with van der Waals surface area (Å²) in [5, 5.41) is 3.66. The van der Waals surface area contributed by atoms with Gasteiger partial charge in [-0.1, -0.05) is 34.8 Å². The van der Waals surface area contributed by atoms with Crippen molar-refractivity contribution < 1.29 is 14.3 Å². The van der Waals surface area contributed by atoms with Gasteiger partial charge in [0.1, 0.15) is 5.75 Å². The van der Waals surface area contributed by atoms with E-state index in [1.807, 2.05) is 0 Å². The average Bonchev–Trinajstić information content (AvgIpc) is 2.49. The molecule has 0 spiro atoms. The van der Waals surface area contributed by atoms with Gasteiger partial charge in [0, 0.05) is 10.0 Å². The average molecular weight is 374 g/mol. The first-order valence-corrected chi connectivity index (χ1v) is 7.47. The van der Waals surface area contributed by atoms with Crippen molar-refractivity contribution in [2.75, 3.05) is 11.9 Å². The van der Waals surface area contributed by atoms with E-state index in [9.17, 15) is 9.59 Å². The smallest absolute Gasteiger partial charge is 0.262 e. The summed E-state index contributed by atoms with van der Waals surface area (Å²) >= 11 is 17.6. The lowest BCUT2D eigenvalue weighted by Gasteiger charge is -2.11. The van der Waals surface area contributed by atoms with Crippen LogP contribution >= 0.6 is 34.8 Å². The van der Waals surface area contributed by atoms with Gasteiger partial charge in [0.05, 0.1) is 16.3 Å². The number of rotatable bonds is 5. The van der Waals surface area contributed by atoms with Crippen LogP contribution in [-0.2, 0) is 4.79 Å². The maximum Gasteiger partial charge on any atom is 0.262 e. The van der Waals surface area contributed by atoms with Gasteiger partial charge in [-0.25, -0.2) is 0 Å². The molecule has 23 heavy (non-hydrogen) atoms. The van der Waals surface area contributed by atoms with Gasteiger partial charge in [0.25, 0.3) is 11.8 Å². The van der Waals surface area contributed by atoms with E-state index < -0.39 is 11.8 Å². The third-order valence-electron chi connectivity index (χ3n) is 2.77. The van der Waals surface area contributed by atoms with E-state index in [4.69, 9.17) is 45.3 Å². The first kappa shape index (κ1) is 17.4. The Hall–Kier alpha value is -1.95. The quantitative estimate of drug-likeness (QED) is 0.837. The highest BCUT2D eigenvalue weighted by Gasteiger charge is 2.13. The summed E-state index contributed by atoms with van der Waals surface area (Å²) in [5.41, 5.74) is 5.69. The fourth-order valence-corrected chi connectivity index (χ4v) is 2.25. The Kier molecular flexibility index (Phi) is 5.71. The first-order valence-electron chi connectivity index (χ1n) is 6.34. The number of nitrogens with two attached hydrogens (primary N) is 1. The number of anilines is 1. The van der Waals surface area contributed by atoms with Crippen LogP contribution in [-0.4, -0.2) is 18.4 Å². The van der Waals surface area contributed by atoms with Gasteiger partial charge in [-0.2, -0.15) is 0 Å². The molecule has 0 aliphatic carbocycles. The van der Waals surface area contributed by atoms with Crippen LogP contribution in [0.4, 0.5) is 5.69 Å². The molecule has 0 bridgehead atoms. The van der Waals surface area contributed by atoms with Crippen molar-refractivity contribution in [3.05, 3.63) is 57.0 Å². The van der Waals surface area contributed by atoms with Crippen molar-refractivity contribution in [3.8, 4) is 5.75 Å². The van der Waals surface area contributed by atoms with Gasteiger partial charge >= 0.3 is 0 Å². The van der Waals surface area contributed by atoms with E-state index in [2.05, 4.69) is 5.32 Å². The predicted octanol–water partition coefficient (Wildman–Crippen LogP) is 3.76. The molecule has 2 aromatic rings. The molecule has 2 aromatic carbocycles. The van der Waals surface area contributed by atoms with Gasteiger partial charge in [-0.05, 0) is 36.4 Å². The summed E-state index contributed by atoms with van der Waals surface area (Å²) in [6, 6.07) is 9.02. The van der Waals surface area contributed by atoms with E-state index in [1.54, 1.807) is 12.1 Å². The van der Waals surface area contributed by atoms with Crippen LogP contribution in [0, 0.1) is 0 Å². The van der Waals surface area contributed by atoms with Crippen LogP contribution in [0.5, 0.6) is 5.75 Å². The number of halogens is 3. The maximum atomic E-state index is 11.9. The molecule has 8 heteroatoms. The van der Waals surface area contributed by atoms with Crippen molar-refractivity contribution in [2.45, 2.75) is 0 Å². The molecule has 120 valence electrons. The largest absolute Gasteiger partial charge is 0.483 e. The highest BCUT2D eigenvalue weighted by Crippen LogP contribution is 2.26. The molecule has 2 amide bonds. The summed E-state index contributed by atoms with van der Waals surface area (Å²) in [6.45, 7) is -0.343. The second-order valence-corrected chi connectivity index (χ2v) is 5.75. The molecule has 2 rings (SSSR count). The predicted molar refractivity (Wildman–Crippen MR) is 90.6 cm³/mol. The molecule has 5 nitrogen and oxygen atoms in total. The Morgan fingerprint density at radius 2 is 1.70 bits per heavy atom. The van der Waals surface area contributed by atoms with Crippen LogP contribution < -0.4 is 15.8 Å². The summed E-state index contributed by atoms with van der Waals surface area (Å²) in [6.07, 6.45) is 0. The minimum absolute atomic E-state index is 0.0890. The molecule has 0 aromatic heterocycles. The lowest BCUT2D eigenvalue weighted by atomic mass is 10.2. The highest BCUT2D eigenvalue weighted by molar-refractivity contribution is 6.35. The van der Waals surface area contributed by atoms with Crippen LogP contribution in [0.2, 0.25) is 15.1 Å². The molecule has 0 fully saturated rings. The monoisotopic (exact) mass is 372 g/mol. The van der Waals surface area contributed by atoms with Gasteiger partial charge in [0.15, 0.2) is 6.61 Å². The number of benzene rings is 2. The van der Waals surface area contributed by atoms with Gasteiger partial charge in [-0.3, -0.25) is 9.59 Å². The molecule has 0 heterocycles. The molecular formula is C15H11Cl3N2O3. The van der Waals surface area contributed by atoms with E-state index in [1.165, 1.54) is 24.3 Å². The molecule has 0 unspecified atom stereocenters. The Morgan fingerprint density at radius 1 is 1.04 bits per heavy atom. The Balaban J connectivity index is 2.05. The fraction of sp³-hybridized carbons (Fsp3) is 0.0667. The molecule has 0 saturated carbocycles. The van der Waals surface area contributed by atoms with Crippen LogP contribution in [0.15, 0.2) is 36.4 Å². The van der Waals surface area contributed by atoms with E-state index >= 15 is 0 Å². The van der Waals surface area contributed by atoms with Crippen LogP contribution in [0.3, 0.4) is 0 Å². The number of nitrogens with one attached hydrogen (secondary N) is 1. The standard InChI is InChI=1S/C15H11Cl3N2O3/c16-8-2-4-13(10(5-8)15(19)22)23-7-14(21)20-12-6-9(17)1-3-11(12)18/h1-6H,7H2,(H2,19,22)(H,20,21). The maximum absolute atomic E-state index is 11.9. The fourth-order valence-electron chi connectivity index (χ4n) is 1.74. The molecule has 0 atom stereocenters. The zero-order chi connectivity index (χ0) is 17.0. The van der Waals surface area contributed by atoms with Crippen molar-refractivity contribution in [1.29, 1.82) is 0 Å². The summed E-state index contributed by atoms with van der Waals surface area (Å²) in [5.74, 6) is -1.02. The van der Waals surface area contributed by atoms with Crippen molar-refractivity contribution >= 4 is 52.3 Å². The second-order valence-electron chi connectivity index (χ2n) is 4.47. The number of carbonyl (C=O) groups excluding carboxylic acids is 2. The summed E-state index contributed by atoms with van der Waals surface area (Å²) < 4.78 is 5.31. The molecule has 0 aliphatic heterocycles. The molecule has 3 N–H and O–H groups in total. The zero-order valence-corrected chi connectivity index (χ0v) is 13.9. The SMILES string of the molecule is NC(=O)c1cc(Cl)ccc1OCC(=O)Nc1cc(Cl)ccc1Cl. The summed E-state index contributed by atoms with van der Waals surface area (Å²) in [4.78, 5) is 23.3. The van der Waals surface area contributed by atoms with Crippen LogP contribution in [0.25, 0.3) is 0 Å². The topological polar surface area (TPSA) is 81.4 Å². The number of primary amides is 1. The third kappa shape index (κ3) is 4.76. The molecule has 0 aliphatic rings. The highest BCUT2D eigenvalue weighted by atomic mass is 35.5. The zero-order valence-electron chi connectivity index (χ0n) is 11.6. The first-order chi connectivity index (χ1) is 10.9. The lowest BCUT2D eigenvalue weighted by molar-refractivity contribution is -0.118. The van der Waals surface area contributed by atoms with E-state index in [0.29, 0.717) is 20.8 Å². The minimum atomic E-state index is -0.708. The molecule has 0 radical (unpaired) electrons. The minimum Gasteiger partial charge on any atom is -0.483 e. The normalized spacial score (nSPS) is 10.2. The Labute approximate surface area is 147 Å². The van der Waals surface area contributed by atoms with Crippen molar-refractivity contribution in [3.63, 3.8) is 0 Å². The Bertz CT molecular complexity index is 766. The third-order valence-corrected chi connectivity index (χ3v) is 3.57. The number of hydrogen-bond acceptors (Lipinski definition) is 3. The number of ether oxygens (including phenoxy) is 1. The van der Waals surface area contributed by atoms with E-state index in [-0.39, 0.29) is 17.9 Å². The Morgan fingerprint density at radius 3 is 2.39 bits per heavy atom. The van der Waals surface area contributed by atoms with Crippen LogP contribution in [0.1, 0.15) is 10.4 Å². The van der Waals surface area contributed by atoms with Crippen molar-refractivity contribution in [1.82, 2.24) is 0 Å². The van der Waals surface area contributed by atoms with Gasteiger partial charge in [0.2, 0.25) is 0 Å². The summed E-state index contributed by atoms with van der Waals surface area (Å²) in [7, 11) is 0. The van der Waals surface area contributed by atoms with Gasteiger partial charge < -0.3 is 15.8 Å². The van der Waals surface area contributed by atoms with Crippen molar-refractivity contribution in [2.24, 2.45) is 5.73 Å². The molecular weight excluding hydrogens is 363 g/mol.